The van der Waals surface area contributed by atoms with Crippen LogP contribution in [0.2, 0.25) is 0 Å². The van der Waals surface area contributed by atoms with Crippen LogP contribution in [0.3, 0.4) is 0 Å². The molecule has 0 aliphatic heterocycles. The van der Waals surface area contributed by atoms with Gasteiger partial charge in [-0.25, -0.2) is 4.98 Å². The molecule has 1 heterocycles. The van der Waals surface area contributed by atoms with Crippen LogP contribution in [0.1, 0.15) is 5.01 Å². The maximum Gasteiger partial charge on any atom is 0.136 e. The Labute approximate surface area is 133 Å². The van der Waals surface area contributed by atoms with Crippen molar-refractivity contribution >= 4 is 22.6 Å². The van der Waals surface area contributed by atoms with E-state index in [0.717, 1.165) is 16.9 Å². The summed E-state index contributed by atoms with van der Waals surface area (Å²) >= 11 is 1.47. The highest BCUT2D eigenvalue weighted by Crippen LogP contribution is 2.25. The zero-order chi connectivity index (χ0) is 15.2. The number of nitrogens with zero attached hydrogens (tertiary/aromatic N) is 2. The smallest absolute Gasteiger partial charge is 0.136 e. The van der Waals surface area contributed by atoms with Crippen LogP contribution in [0, 0.1) is 11.3 Å². The standard InChI is InChI=1S/C18H13N3S/c19-11-15(12-20-16-9-5-2-6-10-16)18-21-17(13-22-18)14-7-3-1-4-8-14/h1-10,12-13,20H/b15-12+. The number of para-hydroxylation sites is 1. The molecule has 3 rings (SSSR count). The Bertz CT molecular complexity index is 814. The predicted octanol–water partition coefficient (Wildman–Crippen LogP) is 4.79. The van der Waals surface area contributed by atoms with Crippen LogP contribution in [0.25, 0.3) is 16.8 Å². The second-order valence-electron chi connectivity index (χ2n) is 4.58. The lowest BCUT2D eigenvalue weighted by Crippen LogP contribution is -1.90. The van der Waals surface area contributed by atoms with Gasteiger partial charge in [0, 0.05) is 22.8 Å². The summed E-state index contributed by atoms with van der Waals surface area (Å²) < 4.78 is 0. The molecule has 0 aliphatic rings. The van der Waals surface area contributed by atoms with Crippen molar-refractivity contribution < 1.29 is 0 Å². The lowest BCUT2D eigenvalue weighted by atomic mass is 10.2. The van der Waals surface area contributed by atoms with Crippen molar-refractivity contribution in [1.82, 2.24) is 4.98 Å². The number of anilines is 1. The molecule has 1 aromatic heterocycles. The number of allylic oxidation sites excluding steroid dienone is 1. The first-order valence-corrected chi connectivity index (χ1v) is 7.68. The first-order valence-electron chi connectivity index (χ1n) is 6.80. The lowest BCUT2D eigenvalue weighted by Gasteiger charge is -2.00. The van der Waals surface area contributed by atoms with Crippen molar-refractivity contribution in [2.24, 2.45) is 0 Å². The predicted molar refractivity (Wildman–Crippen MR) is 91.2 cm³/mol. The third-order valence-electron chi connectivity index (χ3n) is 3.08. The highest BCUT2D eigenvalue weighted by molar-refractivity contribution is 7.11. The molecule has 22 heavy (non-hydrogen) atoms. The molecular weight excluding hydrogens is 290 g/mol. The molecule has 2 aromatic carbocycles. The van der Waals surface area contributed by atoms with Gasteiger partial charge >= 0.3 is 0 Å². The van der Waals surface area contributed by atoms with E-state index in [1.807, 2.05) is 66.0 Å². The fraction of sp³-hybridized carbons (Fsp3) is 0. The average molecular weight is 303 g/mol. The van der Waals surface area contributed by atoms with Gasteiger partial charge in [0.05, 0.1) is 5.69 Å². The number of aromatic nitrogens is 1. The molecule has 0 spiro atoms. The minimum absolute atomic E-state index is 0.524. The lowest BCUT2D eigenvalue weighted by molar-refractivity contribution is 1.36. The molecule has 0 fully saturated rings. The first kappa shape index (κ1) is 14.1. The molecule has 0 bridgehead atoms. The number of rotatable bonds is 4. The molecule has 3 aromatic rings. The number of benzene rings is 2. The Morgan fingerprint density at radius 1 is 1.05 bits per heavy atom. The Morgan fingerprint density at radius 3 is 2.41 bits per heavy atom. The van der Waals surface area contributed by atoms with E-state index in [4.69, 9.17) is 0 Å². The van der Waals surface area contributed by atoms with Crippen molar-refractivity contribution in [2.45, 2.75) is 0 Å². The van der Waals surface area contributed by atoms with Gasteiger partial charge in [0.2, 0.25) is 0 Å². The van der Waals surface area contributed by atoms with E-state index in [0.29, 0.717) is 10.6 Å². The van der Waals surface area contributed by atoms with E-state index in [2.05, 4.69) is 16.4 Å². The summed E-state index contributed by atoms with van der Waals surface area (Å²) in [6.45, 7) is 0. The molecule has 4 heteroatoms. The van der Waals surface area contributed by atoms with Gasteiger partial charge in [0.15, 0.2) is 0 Å². The number of nitrogens with one attached hydrogen (secondary N) is 1. The van der Waals surface area contributed by atoms with Gasteiger partial charge in [0.1, 0.15) is 16.6 Å². The molecule has 0 saturated heterocycles. The molecule has 0 atom stereocenters. The SMILES string of the molecule is N#C/C(=C\Nc1ccccc1)c1nc(-c2ccccc2)cs1. The van der Waals surface area contributed by atoms with E-state index < -0.39 is 0 Å². The van der Waals surface area contributed by atoms with Crippen molar-refractivity contribution in [3.05, 3.63) is 77.3 Å². The summed E-state index contributed by atoms with van der Waals surface area (Å²) in [5.41, 5.74) is 3.41. The van der Waals surface area contributed by atoms with Crippen LogP contribution in [0.5, 0.6) is 0 Å². The Hall–Kier alpha value is -2.90. The third kappa shape index (κ3) is 3.22. The molecular formula is C18H13N3S. The quantitative estimate of drug-likeness (QED) is 0.705. The zero-order valence-electron chi connectivity index (χ0n) is 11.7. The van der Waals surface area contributed by atoms with E-state index in [-0.39, 0.29) is 0 Å². The van der Waals surface area contributed by atoms with Gasteiger partial charge in [-0.2, -0.15) is 5.26 Å². The van der Waals surface area contributed by atoms with Crippen LogP contribution in [0.4, 0.5) is 5.69 Å². The van der Waals surface area contributed by atoms with Crippen molar-refractivity contribution in [3.63, 3.8) is 0 Å². The molecule has 0 aliphatic carbocycles. The highest BCUT2D eigenvalue weighted by atomic mass is 32.1. The van der Waals surface area contributed by atoms with Crippen LogP contribution in [-0.2, 0) is 0 Å². The minimum atomic E-state index is 0.524. The summed E-state index contributed by atoms with van der Waals surface area (Å²) in [5.74, 6) is 0. The molecule has 1 N–H and O–H groups in total. The molecule has 0 saturated carbocycles. The molecule has 0 radical (unpaired) electrons. The zero-order valence-corrected chi connectivity index (χ0v) is 12.5. The number of hydrogen-bond donors (Lipinski definition) is 1. The van der Waals surface area contributed by atoms with Crippen LogP contribution in [-0.4, -0.2) is 4.98 Å². The monoisotopic (exact) mass is 303 g/mol. The first-order chi connectivity index (χ1) is 10.9. The van der Waals surface area contributed by atoms with Gasteiger partial charge < -0.3 is 5.32 Å². The highest BCUT2D eigenvalue weighted by Gasteiger charge is 2.08. The Morgan fingerprint density at radius 2 is 1.73 bits per heavy atom. The van der Waals surface area contributed by atoms with Gasteiger partial charge in [0.25, 0.3) is 0 Å². The topological polar surface area (TPSA) is 48.7 Å². The minimum Gasteiger partial charge on any atom is -0.360 e. The van der Waals surface area contributed by atoms with E-state index in [1.54, 1.807) is 6.20 Å². The molecule has 0 unspecified atom stereocenters. The molecule has 106 valence electrons. The second-order valence-corrected chi connectivity index (χ2v) is 5.44. The fourth-order valence-electron chi connectivity index (χ4n) is 1.97. The third-order valence-corrected chi connectivity index (χ3v) is 3.96. The molecule has 0 amide bonds. The average Bonchev–Trinajstić information content (AvgIpc) is 3.07. The van der Waals surface area contributed by atoms with Gasteiger partial charge in [-0.15, -0.1) is 11.3 Å². The summed E-state index contributed by atoms with van der Waals surface area (Å²) in [7, 11) is 0. The molecule has 3 nitrogen and oxygen atoms in total. The number of thiazole rings is 1. The van der Waals surface area contributed by atoms with Gasteiger partial charge in [-0.1, -0.05) is 48.5 Å². The van der Waals surface area contributed by atoms with E-state index in [9.17, 15) is 5.26 Å². The second kappa shape index (κ2) is 6.70. The Balaban J connectivity index is 1.83. The summed E-state index contributed by atoms with van der Waals surface area (Å²) in [6.07, 6.45) is 1.70. The largest absolute Gasteiger partial charge is 0.360 e. The normalized spacial score (nSPS) is 11.0. The van der Waals surface area contributed by atoms with Gasteiger partial charge in [-0.05, 0) is 12.1 Å². The summed E-state index contributed by atoms with van der Waals surface area (Å²) in [5, 5.41) is 15.2. The summed E-state index contributed by atoms with van der Waals surface area (Å²) in [4.78, 5) is 4.55. The number of hydrogen-bond acceptors (Lipinski definition) is 4. The van der Waals surface area contributed by atoms with Crippen LogP contribution < -0.4 is 5.32 Å². The van der Waals surface area contributed by atoms with Crippen LogP contribution in [0.15, 0.2) is 72.2 Å². The maximum atomic E-state index is 9.35. The van der Waals surface area contributed by atoms with Gasteiger partial charge in [-0.3, -0.25) is 0 Å². The van der Waals surface area contributed by atoms with Crippen molar-refractivity contribution in [1.29, 1.82) is 5.26 Å². The van der Waals surface area contributed by atoms with E-state index >= 15 is 0 Å². The van der Waals surface area contributed by atoms with Crippen molar-refractivity contribution in [2.75, 3.05) is 5.32 Å². The Kier molecular flexibility index (Phi) is 4.28. The maximum absolute atomic E-state index is 9.35. The fourth-order valence-corrected chi connectivity index (χ4v) is 2.77. The van der Waals surface area contributed by atoms with E-state index in [1.165, 1.54) is 11.3 Å². The van der Waals surface area contributed by atoms with Crippen LogP contribution >= 0.6 is 11.3 Å². The number of nitriles is 1. The van der Waals surface area contributed by atoms with Crippen molar-refractivity contribution in [3.8, 4) is 17.3 Å². The summed E-state index contributed by atoms with van der Waals surface area (Å²) in [6, 6.07) is 21.9.